The zero-order valence-corrected chi connectivity index (χ0v) is 29.7. The Morgan fingerprint density at radius 2 is 1.62 bits per heavy atom. The quantitative estimate of drug-likeness (QED) is 0.0678. The maximum absolute atomic E-state index is 13.8. The van der Waals surface area contributed by atoms with E-state index in [0.717, 1.165) is 51.2 Å². The Bertz CT molecular complexity index is 1080. The average Bonchev–Trinajstić information content (AvgIpc) is 3.04. The van der Waals surface area contributed by atoms with E-state index in [4.69, 9.17) is 9.47 Å². The molecule has 0 radical (unpaired) electrons. The van der Waals surface area contributed by atoms with Crippen molar-refractivity contribution in [1.29, 1.82) is 0 Å². The van der Waals surface area contributed by atoms with Gasteiger partial charge in [-0.1, -0.05) is 84.5 Å². The number of aldehydes is 1. The van der Waals surface area contributed by atoms with Crippen LogP contribution in [0.3, 0.4) is 0 Å². The van der Waals surface area contributed by atoms with Crippen molar-refractivity contribution in [2.75, 3.05) is 26.8 Å². The van der Waals surface area contributed by atoms with Crippen LogP contribution in [0.1, 0.15) is 121 Å². The summed E-state index contributed by atoms with van der Waals surface area (Å²) in [5, 5.41) is 23.7. The van der Waals surface area contributed by atoms with Crippen LogP contribution in [0.5, 0.6) is 11.5 Å². The van der Waals surface area contributed by atoms with Crippen molar-refractivity contribution in [3.8, 4) is 11.5 Å². The lowest BCUT2D eigenvalue weighted by Crippen LogP contribution is -2.55. The summed E-state index contributed by atoms with van der Waals surface area (Å²) in [5.41, 5.74) is 0.808. The first-order valence-electron chi connectivity index (χ1n) is 16.9. The van der Waals surface area contributed by atoms with Crippen LogP contribution in [0, 0.1) is 3.57 Å². The van der Waals surface area contributed by atoms with Gasteiger partial charge in [-0.2, -0.15) is 0 Å². The Kier molecular flexibility index (Phi) is 19.4. The lowest BCUT2D eigenvalue weighted by molar-refractivity contribution is -0.138. The Morgan fingerprint density at radius 1 is 1.00 bits per heavy atom. The van der Waals surface area contributed by atoms with Crippen LogP contribution in [0.15, 0.2) is 23.8 Å². The molecule has 254 valence electrons. The molecule has 3 N–H and O–H groups in total. The largest absolute Gasteiger partial charge is 0.493 e. The lowest BCUT2D eigenvalue weighted by atomic mass is 9.87. The van der Waals surface area contributed by atoms with Crippen molar-refractivity contribution in [1.82, 2.24) is 10.2 Å². The van der Waals surface area contributed by atoms with Gasteiger partial charge < -0.3 is 29.9 Å². The van der Waals surface area contributed by atoms with Crippen molar-refractivity contribution < 1.29 is 34.1 Å². The van der Waals surface area contributed by atoms with Crippen LogP contribution in [-0.4, -0.2) is 78.3 Å². The van der Waals surface area contributed by atoms with E-state index in [0.29, 0.717) is 39.2 Å². The van der Waals surface area contributed by atoms with Crippen LogP contribution in [0.4, 0.5) is 0 Å². The monoisotopic (exact) mass is 742 g/mol. The Balaban J connectivity index is 2.27. The SMILES string of the molecule is CCCCCCCCCCCC(=O)N(CCCCCC)C1CC(C(=O)NCCO)=CC(Oc2c(I)cc(C=O)cc2OC)C1O. The first kappa shape index (κ1) is 39.0. The van der Waals surface area contributed by atoms with E-state index < -0.39 is 18.2 Å². The standard InChI is InChI=1S/C35H55IN2O7/c1-4-6-8-10-11-12-13-14-15-17-32(41)38(19-16-9-7-5-2)29-23-27(35(43)37-18-20-39)24-30(33(29)42)45-34-28(36)21-26(25-40)22-31(34)44-3/h21-22,24-25,29-30,33,39,42H,4-20,23H2,1-3H3,(H,37,43). The third kappa shape index (κ3) is 13.2. The molecule has 0 aliphatic heterocycles. The topological polar surface area (TPSA) is 125 Å². The number of nitrogens with one attached hydrogen (secondary N) is 1. The number of halogens is 1. The van der Waals surface area contributed by atoms with Gasteiger partial charge in [0.05, 0.1) is 23.3 Å². The van der Waals surface area contributed by atoms with Crippen LogP contribution >= 0.6 is 22.6 Å². The predicted molar refractivity (Wildman–Crippen MR) is 186 cm³/mol. The van der Waals surface area contributed by atoms with Gasteiger partial charge in [0, 0.05) is 37.1 Å². The number of carbonyl (C=O) groups excluding carboxylic acids is 3. The van der Waals surface area contributed by atoms with Gasteiger partial charge >= 0.3 is 0 Å². The van der Waals surface area contributed by atoms with Crippen LogP contribution < -0.4 is 14.8 Å². The first-order chi connectivity index (χ1) is 21.8. The molecule has 0 saturated heterocycles. The summed E-state index contributed by atoms with van der Waals surface area (Å²) in [7, 11) is 1.47. The number of amides is 2. The summed E-state index contributed by atoms with van der Waals surface area (Å²) in [6.45, 7) is 4.74. The number of unbranched alkanes of at least 4 members (excludes halogenated alkanes) is 11. The molecule has 45 heavy (non-hydrogen) atoms. The molecule has 1 aromatic rings. The van der Waals surface area contributed by atoms with Crippen molar-refractivity contribution in [2.45, 2.75) is 128 Å². The summed E-state index contributed by atoms with van der Waals surface area (Å²) < 4.78 is 12.4. The van der Waals surface area contributed by atoms with Crippen molar-refractivity contribution in [3.63, 3.8) is 0 Å². The van der Waals surface area contributed by atoms with E-state index >= 15 is 0 Å². The molecule has 2 rings (SSSR count). The Morgan fingerprint density at radius 3 is 2.22 bits per heavy atom. The maximum Gasteiger partial charge on any atom is 0.247 e. The van der Waals surface area contributed by atoms with Gasteiger partial charge in [0.25, 0.3) is 0 Å². The minimum atomic E-state index is -1.11. The van der Waals surface area contributed by atoms with Gasteiger partial charge in [-0.25, -0.2) is 0 Å². The van der Waals surface area contributed by atoms with Gasteiger partial charge in [-0.05, 0) is 53.6 Å². The van der Waals surface area contributed by atoms with Gasteiger partial charge in [-0.15, -0.1) is 0 Å². The lowest BCUT2D eigenvalue weighted by Gasteiger charge is -2.41. The highest BCUT2D eigenvalue weighted by Gasteiger charge is 2.40. The average molecular weight is 743 g/mol. The number of hydrogen-bond donors (Lipinski definition) is 3. The van der Waals surface area contributed by atoms with Gasteiger partial charge in [0.1, 0.15) is 18.5 Å². The van der Waals surface area contributed by atoms with E-state index in [-0.39, 0.29) is 31.4 Å². The third-order valence-corrected chi connectivity index (χ3v) is 9.12. The number of ether oxygens (including phenoxy) is 2. The van der Waals surface area contributed by atoms with Crippen LogP contribution in [0.25, 0.3) is 0 Å². The van der Waals surface area contributed by atoms with Crippen molar-refractivity contribution in [2.24, 2.45) is 0 Å². The second-order valence-electron chi connectivity index (χ2n) is 11.9. The predicted octanol–water partition coefficient (Wildman–Crippen LogP) is 6.36. The molecule has 0 bridgehead atoms. The summed E-state index contributed by atoms with van der Waals surface area (Å²) in [5.74, 6) is 0.285. The fourth-order valence-corrected chi connectivity index (χ4v) is 6.51. The van der Waals surface area contributed by atoms with Crippen molar-refractivity contribution in [3.05, 3.63) is 32.9 Å². The third-order valence-electron chi connectivity index (χ3n) is 8.32. The molecule has 3 atom stereocenters. The molecule has 1 aliphatic rings. The fourth-order valence-electron chi connectivity index (χ4n) is 5.75. The van der Waals surface area contributed by atoms with E-state index in [1.54, 1.807) is 23.1 Å². The molecule has 1 aromatic carbocycles. The normalized spacial score (nSPS) is 17.8. The molecule has 10 heteroatoms. The molecular weight excluding hydrogens is 687 g/mol. The number of aliphatic hydroxyl groups excluding tert-OH is 2. The summed E-state index contributed by atoms with van der Waals surface area (Å²) in [4.78, 5) is 40.1. The molecule has 0 fully saturated rings. The molecule has 0 saturated carbocycles. The van der Waals surface area contributed by atoms with Crippen molar-refractivity contribution >= 4 is 40.7 Å². The number of carbonyl (C=O) groups is 3. The van der Waals surface area contributed by atoms with Gasteiger partial charge in [0.15, 0.2) is 11.5 Å². The number of methoxy groups -OCH3 is 1. The molecule has 0 aromatic heterocycles. The highest BCUT2D eigenvalue weighted by molar-refractivity contribution is 14.1. The molecule has 1 aliphatic carbocycles. The number of benzene rings is 1. The van der Waals surface area contributed by atoms with Gasteiger partial charge in [0.2, 0.25) is 11.8 Å². The molecule has 0 spiro atoms. The number of aliphatic hydroxyl groups is 2. The Hall–Kier alpha value is -2.18. The number of nitrogens with zero attached hydrogens (tertiary/aromatic N) is 1. The maximum atomic E-state index is 13.8. The van der Waals surface area contributed by atoms with E-state index in [2.05, 4.69) is 19.2 Å². The minimum absolute atomic E-state index is 0.0169. The minimum Gasteiger partial charge on any atom is -0.493 e. The van der Waals surface area contributed by atoms with Gasteiger partial charge in [-0.3, -0.25) is 14.4 Å². The summed E-state index contributed by atoms with van der Waals surface area (Å²) >= 11 is 2.05. The smallest absolute Gasteiger partial charge is 0.247 e. The summed E-state index contributed by atoms with van der Waals surface area (Å²) in [6.07, 6.45) is 15.1. The van der Waals surface area contributed by atoms with E-state index in [1.165, 1.54) is 45.6 Å². The first-order valence-corrected chi connectivity index (χ1v) is 18.0. The van der Waals surface area contributed by atoms with Crippen LogP contribution in [-0.2, 0) is 9.59 Å². The molecule has 0 heterocycles. The van der Waals surface area contributed by atoms with E-state index in [1.807, 2.05) is 22.6 Å². The fraction of sp³-hybridized carbons (Fsp3) is 0.686. The molecule has 2 amide bonds. The zero-order chi connectivity index (χ0) is 33.0. The highest BCUT2D eigenvalue weighted by atomic mass is 127. The second-order valence-corrected chi connectivity index (χ2v) is 13.1. The van der Waals surface area contributed by atoms with E-state index in [9.17, 15) is 24.6 Å². The summed E-state index contributed by atoms with van der Waals surface area (Å²) in [6, 6.07) is 2.55. The molecule has 3 unspecified atom stereocenters. The highest BCUT2D eigenvalue weighted by Crippen LogP contribution is 2.37. The second kappa shape index (κ2) is 22.4. The molecular formula is C35H55IN2O7. The number of rotatable bonds is 23. The number of hydrogen-bond acceptors (Lipinski definition) is 7. The molecule has 9 nitrogen and oxygen atoms in total. The zero-order valence-electron chi connectivity index (χ0n) is 27.5. The van der Waals surface area contributed by atoms with Crippen LogP contribution in [0.2, 0.25) is 0 Å². The Labute approximate surface area is 283 Å².